The van der Waals surface area contributed by atoms with E-state index in [1.807, 2.05) is 79.0 Å². The molecule has 0 fully saturated rings. The van der Waals surface area contributed by atoms with Crippen molar-refractivity contribution in [3.05, 3.63) is 108 Å². The second-order valence-corrected chi connectivity index (χ2v) is 8.05. The van der Waals surface area contributed by atoms with Gasteiger partial charge >= 0.3 is 0 Å². The smallest absolute Gasteiger partial charge is 0.244 e. The zero-order chi connectivity index (χ0) is 23.6. The van der Waals surface area contributed by atoms with Crippen LogP contribution in [-0.2, 0) is 11.2 Å². The summed E-state index contributed by atoms with van der Waals surface area (Å²) >= 11 is 0. The van der Waals surface area contributed by atoms with Crippen molar-refractivity contribution in [3.63, 3.8) is 0 Å². The molecule has 2 aromatic carbocycles. The van der Waals surface area contributed by atoms with Crippen molar-refractivity contribution in [3.8, 4) is 17.2 Å². The third kappa shape index (κ3) is 4.10. The lowest BCUT2D eigenvalue weighted by atomic mass is 9.96. The molecule has 1 aliphatic rings. The Bertz CT molecular complexity index is 1500. The summed E-state index contributed by atoms with van der Waals surface area (Å²) in [6.45, 7) is 0. The number of nitrogens with one attached hydrogen (secondary N) is 2. The SMILES string of the molecule is O=C1Cc2ccccc2C(c2ccccc2)=NC1Nc1n[nH]c(-c2ccc(-n3cccn3)cn2)n1. The summed E-state index contributed by atoms with van der Waals surface area (Å²) in [5, 5.41) is 14.4. The third-order valence-electron chi connectivity index (χ3n) is 5.76. The summed E-state index contributed by atoms with van der Waals surface area (Å²) in [6.07, 6.45) is 4.71. The molecule has 3 aromatic heterocycles. The molecule has 0 saturated heterocycles. The van der Waals surface area contributed by atoms with E-state index in [-0.39, 0.29) is 18.2 Å². The van der Waals surface area contributed by atoms with Crippen molar-refractivity contribution in [2.24, 2.45) is 4.99 Å². The van der Waals surface area contributed by atoms with Gasteiger partial charge in [-0.1, -0.05) is 54.6 Å². The van der Waals surface area contributed by atoms with Gasteiger partial charge in [0.05, 0.1) is 17.6 Å². The van der Waals surface area contributed by atoms with Gasteiger partial charge < -0.3 is 5.32 Å². The largest absolute Gasteiger partial charge is 0.325 e. The molecular weight excluding hydrogens is 440 g/mol. The summed E-state index contributed by atoms with van der Waals surface area (Å²) in [7, 11) is 0. The number of carbonyl (C=O) groups is 1. The Morgan fingerprint density at radius 3 is 2.63 bits per heavy atom. The minimum absolute atomic E-state index is 0.0589. The van der Waals surface area contributed by atoms with E-state index in [0.29, 0.717) is 11.5 Å². The van der Waals surface area contributed by atoms with E-state index >= 15 is 0 Å². The monoisotopic (exact) mass is 460 g/mol. The number of aromatic amines is 1. The Hall–Kier alpha value is -4.92. The first-order chi connectivity index (χ1) is 17.2. The Labute approximate surface area is 200 Å². The van der Waals surface area contributed by atoms with Crippen molar-refractivity contribution in [1.29, 1.82) is 0 Å². The molecule has 4 heterocycles. The molecule has 35 heavy (non-hydrogen) atoms. The van der Waals surface area contributed by atoms with Gasteiger partial charge in [-0.2, -0.15) is 10.1 Å². The molecule has 0 spiro atoms. The van der Waals surface area contributed by atoms with Crippen LogP contribution < -0.4 is 5.32 Å². The standard InChI is InChI=1S/C26H20N8O/c35-22-15-18-9-4-5-10-20(18)23(17-7-2-1-3-8-17)29-25(22)31-26-30-24(32-33-26)21-12-11-19(16-27-21)34-14-6-13-28-34/h1-14,16,25H,15H2,(H2,30,31,32,33). The maximum atomic E-state index is 13.1. The lowest BCUT2D eigenvalue weighted by Crippen LogP contribution is -2.29. The summed E-state index contributed by atoms with van der Waals surface area (Å²) in [4.78, 5) is 26.9. The van der Waals surface area contributed by atoms with Gasteiger partial charge in [0.15, 0.2) is 17.8 Å². The van der Waals surface area contributed by atoms with Crippen molar-refractivity contribution in [2.45, 2.75) is 12.6 Å². The molecule has 1 atom stereocenters. The fourth-order valence-corrected chi connectivity index (χ4v) is 4.05. The van der Waals surface area contributed by atoms with Gasteiger partial charge in [-0.3, -0.25) is 19.9 Å². The predicted octanol–water partition coefficient (Wildman–Crippen LogP) is 3.45. The zero-order valence-corrected chi connectivity index (χ0v) is 18.5. The van der Waals surface area contributed by atoms with Crippen LogP contribution in [0.3, 0.4) is 0 Å². The van der Waals surface area contributed by atoms with E-state index in [1.165, 1.54) is 0 Å². The molecular formula is C26H20N8O. The molecule has 0 bridgehead atoms. The molecule has 170 valence electrons. The van der Waals surface area contributed by atoms with Crippen LogP contribution in [0.1, 0.15) is 16.7 Å². The Balaban J connectivity index is 1.29. The van der Waals surface area contributed by atoms with Crippen molar-refractivity contribution in [1.82, 2.24) is 29.9 Å². The first-order valence-corrected chi connectivity index (χ1v) is 11.1. The number of aliphatic imine (C=N–C) groups is 1. The Morgan fingerprint density at radius 1 is 0.971 bits per heavy atom. The summed E-state index contributed by atoms with van der Waals surface area (Å²) in [5.74, 6) is 0.700. The van der Waals surface area contributed by atoms with Crippen LogP contribution in [0.5, 0.6) is 0 Å². The minimum atomic E-state index is -0.823. The number of anilines is 1. The summed E-state index contributed by atoms with van der Waals surface area (Å²) < 4.78 is 1.72. The molecule has 5 aromatic rings. The minimum Gasteiger partial charge on any atom is -0.325 e. The molecule has 6 rings (SSSR count). The second-order valence-electron chi connectivity index (χ2n) is 8.05. The van der Waals surface area contributed by atoms with E-state index < -0.39 is 6.17 Å². The quantitative estimate of drug-likeness (QED) is 0.415. The van der Waals surface area contributed by atoms with Crippen LogP contribution in [0.2, 0.25) is 0 Å². The molecule has 0 saturated carbocycles. The van der Waals surface area contributed by atoms with Crippen molar-refractivity contribution < 1.29 is 4.79 Å². The zero-order valence-electron chi connectivity index (χ0n) is 18.5. The van der Waals surface area contributed by atoms with Crippen LogP contribution in [-0.4, -0.2) is 47.6 Å². The maximum absolute atomic E-state index is 13.1. The highest BCUT2D eigenvalue weighted by atomic mass is 16.1. The molecule has 0 amide bonds. The number of nitrogens with zero attached hydrogens (tertiary/aromatic N) is 6. The molecule has 2 N–H and O–H groups in total. The summed E-state index contributed by atoms with van der Waals surface area (Å²) in [6, 6.07) is 23.3. The normalized spacial score (nSPS) is 15.3. The molecule has 0 radical (unpaired) electrons. The number of ketones is 1. The molecule has 0 aliphatic carbocycles. The number of aromatic nitrogens is 6. The predicted molar refractivity (Wildman–Crippen MR) is 131 cm³/mol. The second kappa shape index (κ2) is 8.79. The lowest BCUT2D eigenvalue weighted by Gasteiger charge is -2.12. The maximum Gasteiger partial charge on any atom is 0.244 e. The van der Waals surface area contributed by atoms with Crippen LogP contribution in [0.25, 0.3) is 17.2 Å². The topological polar surface area (TPSA) is 114 Å². The van der Waals surface area contributed by atoms with Gasteiger partial charge in [-0.25, -0.2) is 4.68 Å². The van der Waals surface area contributed by atoms with E-state index in [0.717, 1.165) is 28.1 Å². The fraction of sp³-hybridized carbons (Fsp3) is 0.0769. The molecule has 9 heteroatoms. The highest BCUT2D eigenvalue weighted by Gasteiger charge is 2.26. The average molecular weight is 461 g/mol. The first kappa shape index (κ1) is 20.7. The molecule has 1 unspecified atom stereocenters. The number of pyridine rings is 1. The van der Waals surface area contributed by atoms with E-state index in [2.05, 4.69) is 30.6 Å². The van der Waals surface area contributed by atoms with Gasteiger partial charge in [0.2, 0.25) is 5.95 Å². The van der Waals surface area contributed by atoms with Gasteiger partial charge in [-0.15, -0.1) is 5.10 Å². The number of carbonyl (C=O) groups excluding carboxylic acids is 1. The molecule has 9 nitrogen and oxygen atoms in total. The van der Waals surface area contributed by atoms with Crippen LogP contribution in [0, 0.1) is 0 Å². The highest BCUT2D eigenvalue weighted by molar-refractivity contribution is 6.16. The van der Waals surface area contributed by atoms with Gasteiger partial charge in [-0.05, 0) is 23.8 Å². The Kier molecular flexibility index (Phi) is 5.19. The van der Waals surface area contributed by atoms with Crippen LogP contribution in [0.15, 0.2) is 96.4 Å². The van der Waals surface area contributed by atoms with Gasteiger partial charge in [0.25, 0.3) is 0 Å². The van der Waals surface area contributed by atoms with Gasteiger partial charge in [0.1, 0.15) is 5.69 Å². The van der Waals surface area contributed by atoms with E-state index in [1.54, 1.807) is 17.1 Å². The average Bonchev–Trinajstić information content (AvgIpc) is 3.58. The number of hydrogen-bond acceptors (Lipinski definition) is 7. The number of fused-ring (bicyclic) bond motifs is 1. The van der Waals surface area contributed by atoms with Crippen LogP contribution in [0.4, 0.5) is 5.95 Å². The van der Waals surface area contributed by atoms with Gasteiger partial charge in [0, 0.05) is 29.9 Å². The third-order valence-corrected chi connectivity index (χ3v) is 5.76. The number of rotatable bonds is 5. The number of hydrogen-bond donors (Lipinski definition) is 2. The van der Waals surface area contributed by atoms with E-state index in [4.69, 9.17) is 4.99 Å². The first-order valence-electron chi connectivity index (χ1n) is 11.1. The Morgan fingerprint density at radius 2 is 1.83 bits per heavy atom. The molecule has 1 aliphatic heterocycles. The van der Waals surface area contributed by atoms with Crippen LogP contribution >= 0.6 is 0 Å². The highest BCUT2D eigenvalue weighted by Crippen LogP contribution is 2.23. The fourth-order valence-electron chi connectivity index (χ4n) is 4.05. The lowest BCUT2D eigenvalue weighted by molar-refractivity contribution is -0.118. The van der Waals surface area contributed by atoms with E-state index in [9.17, 15) is 4.79 Å². The summed E-state index contributed by atoms with van der Waals surface area (Å²) in [5.41, 5.74) is 5.06. The number of benzene rings is 2. The number of H-pyrrole nitrogens is 1. The number of Topliss-reactive ketones (excluding diaryl/α,β-unsaturated/α-hetero) is 1. The van der Waals surface area contributed by atoms with Crippen molar-refractivity contribution in [2.75, 3.05) is 5.32 Å². The van der Waals surface area contributed by atoms with Crippen molar-refractivity contribution >= 4 is 17.4 Å².